The summed E-state index contributed by atoms with van der Waals surface area (Å²) >= 11 is 0. The highest BCUT2D eigenvalue weighted by atomic mass is 19.2. The van der Waals surface area contributed by atoms with Gasteiger partial charge >= 0.3 is 0 Å². The molecule has 2 heteroatoms. The summed E-state index contributed by atoms with van der Waals surface area (Å²) < 4.78 is 29.9. The van der Waals surface area contributed by atoms with E-state index >= 15 is 4.39 Å². The highest BCUT2D eigenvalue weighted by molar-refractivity contribution is 5.20. The summed E-state index contributed by atoms with van der Waals surface area (Å²) in [6, 6.07) is 0. The molecular weight excluding hydrogens is 314 g/mol. The van der Waals surface area contributed by atoms with Gasteiger partial charge in [-0.3, -0.25) is 0 Å². The van der Waals surface area contributed by atoms with Crippen molar-refractivity contribution in [2.45, 2.75) is 91.9 Å². The predicted molar refractivity (Wildman–Crippen MR) is 108 cm³/mol. The molecule has 0 aliphatic heterocycles. The van der Waals surface area contributed by atoms with Crippen LogP contribution in [-0.2, 0) is 0 Å². The first-order valence-electron chi connectivity index (χ1n) is 9.52. The molecule has 0 bridgehead atoms. The molecule has 0 spiro atoms. The van der Waals surface area contributed by atoms with E-state index in [1.54, 1.807) is 13.8 Å². The molecule has 0 aromatic rings. The Morgan fingerprint density at radius 2 is 1.72 bits per heavy atom. The monoisotopic (exact) mass is 352 g/mol. The van der Waals surface area contributed by atoms with Crippen molar-refractivity contribution in [1.82, 2.24) is 0 Å². The molecule has 0 radical (unpaired) electrons. The molecule has 0 heterocycles. The van der Waals surface area contributed by atoms with Crippen molar-refractivity contribution in [1.29, 1.82) is 0 Å². The topological polar surface area (TPSA) is 0 Å². The van der Waals surface area contributed by atoms with Crippen LogP contribution in [0.1, 0.15) is 80.6 Å². The molecule has 0 rings (SSSR count). The van der Waals surface area contributed by atoms with Crippen molar-refractivity contribution in [2.75, 3.05) is 0 Å². The third-order valence-electron chi connectivity index (χ3n) is 5.09. The molecule has 1 atom stereocenters. The molecule has 0 aromatic heterocycles. The summed E-state index contributed by atoms with van der Waals surface area (Å²) in [4.78, 5) is 0. The number of rotatable bonds is 11. The Morgan fingerprint density at radius 3 is 2.16 bits per heavy atom. The SMILES string of the molecule is C=C(/C=C/C=C\C)CCC/C(C)=C(\CC)CC(F)(C(C)C)C(C)(C)F. The van der Waals surface area contributed by atoms with Crippen molar-refractivity contribution < 1.29 is 8.78 Å². The normalized spacial score (nSPS) is 16.6. The standard InChI is InChI=1S/C23H38F2/c1-9-11-12-14-19(5)15-13-16-20(6)21(10-2)17-23(25,18(3)4)22(7,8)24/h9,11-12,14,18H,5,10,13,15-17H2,1-4,6-8H3/b11-9-,14-12+,21-20+. The van der Waals surface area contributed by atoms with Gasteiger partial charge in [-0.2, -0.15) is 0 Å². The van der Waals surface area contributed by atoms with Gasteiger partial charge in [-0.25, -0.2) is 8.78 Å². The Morgan fingerprint density at radius 1 is 1.12 bits per heavy atom. The second-order valence-corrected chi connectivity index (χ2v) is 7.80. The summed E-state index contributed by atoms with van der Waals surface area (Å²) in [5, 5.41) is 0. The van der Waals surface area contributed by atoms with Crippen molar-refractivity contribution in [3.63, 3.8) is 0 Å². The van der Waals surface area contributed by atoms with Gasteiger partial charge in [-0.1, -0.05) is 68.4 Å². The minimum absolute atomic E-state index is 0.179. The third kappa shape index (κ3) is 7.71. The lowest BCUT2D eigenvalue weighted by Gasteiger charge is -2.39. The van der Waals surface area contributed by atoms with E-state index in [4.69, 9.17) is 0 Å². The number of hydrogen-bond acceptors (Lipinski definition) is 0. The second-order valence-electron chi connectivity index (χ2n) is 7.80. The number of hydrogen-bond donors (Lipinski definition) is 0. The fourth-order valence-corrected chi connectivity index (χ4v) is 3.13. The molecule has 144 valence electrons. The van der Waals surface area contributed by atoms with E-state index < -0.39 is 11.3 Å². The van der Waals surface area contributed by atoms with Gasteiger partial charge in [0.15, 0.2) is 0 Å². The fraction of sp³-hybridized carbons (Fsp3) is 0.652. The first-order valence-corrected chi connectivity index (χ1v) is 9.52. The largest absolute Gasteiger partial charge is 0.241 e. The van der Waals surface area contributed by atoms with Crippen LogP contribution in [0, 0.1) is 5.92 Å². The van der Waals surface area contributed by atoms with Gasteiger partial charge in [0.1, 0.15) is 11.3 Å². The molecule has 0 N–H and O–H groups in total. The first kappa shape index (κ1) is 23.8. The van der Waals surface area contributed by atoms with Crippen LogP contribution >= 0.6 is 0 Å². The van der Waals surface area contributed by atoms with Crippen LogP contribution in [0.3, 0.4) is 0 Å². The lowest BCUT2D eigenvalue weighted by molar-refractivity contribution is -0.0501. The van der Waals surface area contributed by atoms with Crippen molar-refractivity contribution in [2.24, 2.45) is 5.92 Å². The van der Waals surface area contributed by atoms with E-state index in [1.165, 1.54) is 19.4 Å². The van der Waals surface area contributed by atoms with Crippen LogP contribution < -0.4 is 0 Å². The lowest BCUT2D eigenvalue weighted by Crippen LogP contribution is -2.47. The molecule has 0 aliphatic carbocycles. The Labute approximate surface area is 154 Å². The molecule has 0 amide bonds. The molecule has 0 saturated carbocycles. The summed E-state index contributed by atoms with van der Waals surface area (Å²) in [6.07, 6.45) is 11.7. The van der Waals surface area contributed by atoms with Gasteiger partial charge in [0, 0.05) is 6.42 Å². The van der Waals surface area contributed by atoms with E-state index in [0.717, 1.165) is 36.8 Å². The van der Waals surface area contributed by atoms with Crippen LogP contribution in [0.4, 0.5) is 8.78 Å². The lowest BCUT2D eigenvalue weighted by atomic mass is 9.74. The molecule has 0 saturated heterocycles. The number of halogens is 2. The molecular formula is C23H38F2. The van der Waals surface area contributed by atoms with E-state index in [1.807, 2.05) is 38.2 Å². The van der Waals surface area contributed by atoms with Gasteiger partial charge in [0.25, 0.3) is 0 Å². The summed E-state index contributed by atoms with van der Waals surface area (Å²) in [5.41, 5.74) is -0.348. The highest BCUT2D eigenvalue weighted by Crippen LogP contribution is 2.43. The summed E-state index contributed by atoms with van der Waals surface area (Å²) in [5.74, 6) is -0.363. The van der Waals surface area contributed by atoms with Crippen LogP contribution in [0.25, 0.3) is 0 Å². The predicted octanol–water partition coefficient (Wildman–Crippen LogP) is 8.07. The van der Waals surface area contributed by atoms with Crippen LogP contribution in [0.2, 0.25) is 0 Å². The van der Waals surface area contributed by atoms with Gasteiger partial charge in [-0.15, -0.1) is 0 Å². The Balaban J connectivity index is 4.97. The first-order chi connectivity index (χ1) is 11.5. The third-order valence-corrected chi connectivity index (χ3v) is 5.09. The van der Waals surface area contributed by atoms with Crippen LogP contribution in [-0.4, -0.2) is 11.3 Å². The maximum absolute atomic E-state index is 15.4. The molecule has 0 fully saturated rings. The molecule has 1 unspecified atom stereocenters. The maximum atomic E-state index is 15.4. The van der Waals surface area contributed by atoms with Crippen LogP contribution in [0.15, 0.2) is 47.6 Å². The maximum Gasteiger partial charge on any atom is 0.150 e. The molecule has 25 heavy (non-hydrogen) atoms. The van der Waals surface area contributed by atoms with Crippen molar-refractivity contribution in [3.8, 4) is 0 Å². The van der Waals surface area contributed by atoms with Gasteiger partial charge in [0.2, 0.25) is 0 Å². The average molecular weight is 353 g/mol. The zero-order valence-corrected chi connectivity index (χ0v) is 17.4. The van der Waals surface area contributed by atoms with Crippen LogP contribution in [0.5, 0.6) is 0 Å². The Bertz CT molecular complexity index is 501. The molecule has 0 aromatic carbocycles. The quantitative estimate of drug-likeness (QED) is 0.260. The number of alkyl halides is 2. The summed E-state index contributed by atoms with van der Waals surface area (Å²) in [7, 11) is 0. The average Bonchev–Trinajstić information content (AvgIpc) is 2.51. The minimum atomic E-state index is -1.85. The van der Waals surface area contributed by atoms with Crippen molar-refractivity contribution >= 4 is 0 Å². The summed E-state index contributed by atoms with van der Waals surface area (Å²) in [6.45, 7) is 16.4. The fourth-order valence-electron chi connectivity index (χ4n) is 3.13. The molecule has 0 nitrogen and oxygen atoms in total. The van der Waals surface area contributed by atoms with Crippen molar-refractivity contribution in [3.05, 3.63) is 47.6 Å². The van der Waals surface area contributed by atoms with Gasteiger partial charge < -0.3 is 0 Å². The van der Waals surface area contributed by atoms with E-state index in [9.17, 15) is 4.39 Å². The second kappa shape index (κ2) is 10.7. The van der Waals surface area contributed by atoms with E-state index in [2.05, 4.69) is 13.5 Å². The zero-order valence-electron chi connectivity index (χ0n) is 17.4. The Kier molecular flexibility index (Phi) is 10.2. The smallest absolute Gasteiger partial charge is 0.150 e. The molecule has 0 aliphatic rings. The van der Waals surface area contributed by atoms with Gasteiger partial charge in [-0.05, 0) is 59.3 Å². The van der Waals surface area contributed by atoms with Gasteiger partial charge in [0.05, 0.1) is 0 Å². The minimum Gasteiger partial charge on any atom is -0.241 e. The van der Waals surface area contributed by atoms with E-state index in [-0.39, 0.29) is 12.3 Å². The Hall–Kier alpha value is -1.18. The highest BCUT2D eigenvalue weighted by Gasteiger charge is 2.49. The number of allylic oxidation sites excluding steroid dienone is 7. The zero-order chi connectivity index (χ0) is 19.7. The van der Waals surface area contributed by atoms with E-state index in [0.29, 0.717) is 0 Å².